The number of fused-ring (bicyclic) bond motifs is 3. The number of hydrogen-bond donors (Lipinski definition) is 1. The third-order valence-corrected chi connectivity index (χ3v) is 5.02. The highest BCUT2D eigenvalue weighted by atomic mass is 16.3. The quantitative estimate of drug-likeness (QED) is 0.793. The lowest BCUT2D eigenvalue weighted by Gasteiger charge is -2.34. The minimum atomic E-state index is 0.138. The third kappa shape index (κ3) is 3.13. The largest absolute Gasteiger partial charge is 0.464 e. The SMILES string of the molecule is O=C(Cc1coc2ccc3ccccc3c12)N1CCN(CCO)CC1. The number of β-amino-alcohol motifs (C(OH)–C–C–N with tert-alkyl or cyclic N) is 1. The fourth-order valence-electron chi connectivity index (χ4n) is 3.64. The average Bonchev–Trinajstić information content (AvgIpc) is 3.06. The zero-order chi connectivity index (χ0) is 17.2. The highest BCUT2D eigenvalue weighted by molar-refractivity contribution is 6.08. The van der Waals surface area contributed by atoms with E-state index in [-0.39, 0.29) is 12.5 Å². The number of carbonyl (C=O) groups is 1. The van der Waals surface area contributed by atoms with Crippen molar-refractivity contribution < 1.29 is 14.3 Å². The van der Waals surface area contributed by atoms with E-state index in [4.69, 9.17) is 9.52 Å². The lowest BCUT2D eigenvalue weighted by Crippen LogP contribution is -2.49. The maximum Gasteiger partial charge on any atom is 0.227 e. The van der Waals surface area contributed by atoms with Crippen LogP contribution in [0.1, 0.15) is 5.56 Å². The molecule has 25 heavy (non-hydrogen) atoms. The molecule has 2 aromatic carbocycles. The van der Waals surface area contributed by atoms with Crippen LogP contribution >= 0.6 is 0 Å². The molecule has 0 radical (unpaired) electrons. The standard InChI is InChI=1S/C20H22N2O3/c23-12-11-21-7-9-22(10-8-21)19(24)13-16-14-25-18-6-5-15-3-1-2-4-17(15)20(16)18/h1-6,14,23H,7-13H2. The summed E-state index contributed by atoms with van der Waals surface area (Å²) in [7, 11) is 0. The average molecular weight is 338 g/mol. The van der Waals surface area contributed by atoms with Crippen molar-refractivity contribution in [3.8, 4) is 0 Å². The lowest BCUT2D eigenvalue weighted by molar-refractivity contribution is -0.132. The van der Waals surface area contributed by atoms with E-state index in [1.54, 1.807) is 6.26 Å². The number of furan rings is 1. The zero-order valence-electron chi connectivity index (χ0n) is 14.1. The Morgan fingerprint density at radius 2 is 1.88 bits per heavy atom. The number of carbonyl (C=O) groups excluding carboxylic acids is 1. The molecule has 1 aliphatic rings. The molecule has 130 valence electrons. The molecule has 0 spiro atoms. The highest BCUT2D eigenvalue weighted by Crippen LogP contribution is 2.30. The van der Waals surface area contributed by atoms with Crippen LogP contribution in [0.3, 0.4) is 0 Å². The molecule has 0 unspecified atom stereocenters. The first-order valence-corrected chi connectivity index (χ1v) is 8.75. The van der Waals surface area contributed by atoms with Gasteiger partial charge in [0.2, 0.25) is 5.91 Å². The third-order valence-electron chi connectivity index (χ3n) is 5.02. The number of benzene rings is 2. The minimum absolute atomic E-state index is 0.138. The van der Waals surface area contributed by atoms with Crippen molar-refractivity contribution in [1.82, 2.24) is 9.80 Å². The summed E-state index contributed by atoms with van der Waals surface area (Å²) in [6.45, 7) is 3.93. The second-order valence-electron chi connectivity index (χ2n) is 6.54. The fraction of sp³-hybridized carbons (Fsp3) is 0.350. The fourth-order valence-corrected chi connectivity index (χ4v) is 3.64. The van der Waals surface area contributed by atoms with E-state index in [0.717, 1.165) is 53.5 Å². The van der Waals surface area contributed by atoms with Crippen LogP contribution in [0.15, 0.2) is 47.1 Å². The minimum Gasteiger partial charge on any atom is -0.464 e. The summed E-state index contributed by atoms with van der Waals surface area (Å²) in [5.74, 6) is 0.138. The van der Waals surface area contributed by atoms with Gasteiger partial charge >= 0.3 is 0 Å². The lowest BCUT2D eigenvalue weighted by atomic mass is 10.0. The van der Waals surface area contributed by atoms with Crippen molar-refractivity contribution >= 4 is 27.6 Å². The van der Waals surface area contributed by atoms with Gasteiger partial charge in [-0.2, -0.15) is 0 Å². The molecule has 1 aliphatic heterocycles. The molecule has 5 nitrogen and oxygen atoms in total. The van der Waals surface area contributed by atoms with E-state index >= 15 is 0 Å². The van der Waals surface area contributed by atoms with Crippen LogP contribution in [0, 0.1) is 0 Å². The van der Waals surface area contributed by atoms with Crippen LogP contribution in [-0.4, -0.2) is 60.1 Å². The van der Waals surface area contributed by atoms with Gasteiger partial charge in [-0.25, -0.2) is 0 Å². The number of nitrogens with zero attached hydrogens (tertiary/aromatic N) is 2. The van der Waals surface area contributed by atoms with Gasteiger partial charge in [0.1, 0.15) is 5.58 Å². The Morgan fingerprint density at radius 3 is 2.68 bits per heavy atom. The summed E-state index contributed by atoms with van der Waals surface area (Å²) >= 11 is 0. The Labute approximate surface area is 146 Å². The smallest absolute Gasteiger partial charge is 0.227 e. The van der Waals surface area contributed by atoms with Gasteiger partial charge in [0.25, 0.3) is 0 Å². The van der Waals surface area contributed by atoms with Gasteiger partial charge in [-0.15, -0.1) is 0 Å². The molecule has 0 saturated carbocycles. The summed E-state index contributed by atoms with van der Waals surface area (Å²) in [6, 6.07) is 12.2. The van der Waals surface area contributed by atoms with Crippen molar-refractivity contribution in [1.29, 1.82) is 0 Å². The summed E-state index contributed by atoms with van der Waals surface area (Å²) in [6.07, 6.45) is 2.08. The van der Waals surface area contributed by atoms with E-state index < -0.39 is 0 Å². The monoisotopic (exact) mass is 338 g/mol. The number of aliphatic hydroxyl groups is 1. The van der Waals surface area contributed by atoms with Crippen molar-refractivity contribution in [3.63, 3.8) is 0 Å². The van der Waals surface area contributed by atoms with Crippen molar-refractivity contribution in [2.45, 2.75) is 6.42 Å². The molecule has 1 N–H and O–H groups in total. The zero-order valence-corrected chi connectivity index (χ0v) is 14.1. The molecule has 1 aromatic heterocycles. The van der Waals surface area contributed by atoms with Crippen LogP contribution in [-0.2, 0) is 11.2 Å². The molecule has 1 saturated heterocycles. The highest BCUT2D eigenvalue weighted by Gasteiger charge is 2.22. The van der Waals surface area contributed by atoms with Crippen molar-refractivity contribution in [3.05, 3.63) is 48.2 Å². The number of aliphatic hydroxyl groups excluding tert-OH is 1. The number of amides is 1. The van der Waals surface area contributed by atoms with Gasteiger partial charge in [-0.3, -0.25) is 9.69 Å². The molecule has 3 aromatic rings. The Balaban J connectivity index is 1.55. The molecule has 1 fully saturated rings. The van der Waals surface area contributed by atoms with Crippen LogP contribution in [0.5, 0.6) is 0 Å². The maximum absolute atomic E-state index is 12.7. The van der Waals surface area contributed by atoms with Crippen LogP contribution < -0.4 is 0 Å². The number of rotatable bonds is 4. The van der Waals surface area contributed by atoms with E-state index in [2.05, 4.69) is 17.0 Å². The molecule has 1 amide bonds. The van der Waals surface area contributed by atoms with Gasteiger partial charge in [-0.05, 0) is 16.8 Å². The molecule has 4 rings (SSSR count). The first-order chi connectivity index (χ1) is 12.3. The molecule has 2 heterocycles. The first kappa shape index (κ1) is 16.1. The summed E-state index contributed by atoms with van der Waals surface area (Å²) in [5.41, 5.74) is 1.78. The molecule has 0 bridgehead atoms. The van der Waals surface area contributed by atoms with Crippen LogP contribution in [0.4, 0.5) is 0 Å². The number of hydrogen-bond acceptors (Lipinski definition) is 4. The second-order valence-corrected chi connectivity index (χ2v) is 6.54. The summed E-state index contributed by atoms with van der Waals surface area (Å²) in [4.78, 5) is 16.8. The van der Waals surface area contributed by atoms with E-state index in [0.29, 0.717) is 13.0 Å². The van der Waals surface area contributed by atoms with Crippen LogP contribution in [0.2, 0.25) is 0 Å². The second kappa shape index (κ2) is 6.86. The molecule has 5 heteroatoms. The predicted molar refractivity (Wildman–Crippen MR) is 97.5 cm³/mol. The topological polar surface area (TPSA) is 56.9 Å². The van der Waals surface area contributed by atoms with Gasteiger partial charge < -0.3 is 14.4 Å². The normalized spacial score (nSPS) is 16.0. The Bertz CT molecular complexity index is 894. The molecular weight excluding hydrogens is 316 g/mol. The molecular formula is C20H22N2O3. The van der Waals surface area contributed by atoms with Crippen LogP contribution in [0.25, 0.3) is 21.7 Å². The summed E-state index contributed by atoms with van der Waals surface area (Å²) < 4.78 is 5.69. The van der Waals surface area contributed by atoms with E-state index in [9.17, 15) is 4.79 Å². The van der Waals surface area contributed by atoms with Gasteiger partial charge in [0.15, 0.2) is 0 Å². The predicted octanol–water partition coefficient (Wildman–Crippen LogP) is 2.27. The van der Waals surface area contributed by atoms with Gasteiger partial charge in [-0.1, -0.05) is 30.3 Å². The Hall–Kier alpha value is -2.37. The van der Waals surface area contributed by atoms with Crippen molar-refractivity contribution in [2.24, 2.45) is 0 Å². The maximum atomic E-state index is 12.7. The number of piperazine rings is 1. The van der Waals surface area contributed by atoms with Crippen molar-refractivity contribution in [2.75, 3.05) is 39.3 Å². The summed E-state index contributed by atoms with van der Waals surface area (Å²) in [5, 5.41) is 12.4. The van der Waals surface area contributed by atoms with E-state index in [1.807, 2.05) is 29.2 Å². The first-order valence-electron chi connectivity index (χ1n) is 8.75. The molecule has 0 aliphatic carbocycles. The van der Waals surface area contributed by atoms with E-state index in [1.165, 1.54) is 0 Å². The van der Waals surface area contributed by atoms with Gasteiger partial charge in [0.05, 0.1) is 19.3 Å². The Morgan fingerprint density at radius 1 is 1.08 bits per heavy atom. The van der Waals surface area contributed by atoms with Gasteiger partial charge in [0, 0.05) is 43.7 Å². The Kier molecular flexibility index (Phi) is 4.42. The molecule has 0 atom stereocenters.